The molecule has 106 valence electrons. The molecule has 0 amide bonds. The molecule has 0 saturated heterocycles. The van der Waals surface area contributed by atoms with Crippen molar-refractivity contribution in [3.63, 3.8) is 0 Å². The van der Waals surface area contributed by atoms with Crippen LogP contribution in [0.5, 0.6) is 5.75 Å². The molecule has 0 heterocycles. The summed E-state index contributed by atoms with van der Waals surface area (Å²) < 4.78 is 32.0. The minimum Gasteiger partial charge on any atom is -0.496 e. The first-order valence-corrected chi connectivity index (χ1v) is 6.10. The summed E-state index contributed by atoms with van der Waals surface area (Å²) in [6.45, 7) is 0.428. The number of rotatable bonds is 4. The SMILES string of the molecule is COc1ccccc1CN(C)c1cc(F)cc(F)c1N. The van der Waals surface area contributed by atoms with E-state index in [0.29, 0.717) is 12.2 Å². The van der Waals surface area contributed by atoms with E-state index in [2.05, 4.69) is 0 Å². The van der Waals surface area contributed by atoms with Gasteiger partial charge in [-0.3, -0.25) is 0 Å². The maximum absolute atomic E-state index is 13.5. The lowest BCUT2D eigenvalue weighted by atomic mass is 10.1. The second-order valence-corrected chi connectivity index (χ2v) is 4.49. The zero-order valence-corrected chi connectivity index (χ0v) is 11.4. The van der Waals surface area contributed by atoms with Gasteiger partial charge in [-0.05, 0) is 12.1 Å². The summed E-state index contributed by atoms with van der Waals surface area (Å²) in [7, 11) is 3.30. The molecule has 0 fully saturated rings. The van der Waals surface area contributed by atoms with E-state index in [9.17, 15) is 8.78 Å². The second-order valence-electron chi connectivity index (χ2n) is 4.49. The van der Waals surface area contributed by atoms with Gasteiger partial charge >= 0.3 is 0 Å². The van der Waals surface area contributed by atoms with Crippen LogP contribution in [0.15, 0.2) is 36.4 Å². The van der Waals surface area contributed by atoms with Gasteiger partial charge in [-0.25, -0.2) is 8.78 Å². The largest absolute Gasteiger partial charge is 0.496 e. The molecule has 2 rings (SSSR count). The summed E-state index contributed by atoms with van der Waals surface area (Å²) in [5, 5.41) is 0. The van der Waals surface area contributed by atoms with Gasteiger partial charge in [-0.1, -0.05) is 18.2 Å². The monoisotopic (exact) mass is 278 g/mol. The average molecular weight is 278 g/mol. The van der Waals surface area contributed by atoms with Crippen molar-refractivity contribution in [2.24, 2.45) is 0 Å². The standard InChI is InChI=1S/C15H16F2N2O/c1-19(9-10-5-3-4-6-14(10)20-2)13-8-11(16)7-12(17)15(13)18/h3-8H,9,18H2,1-2H3. The highest BCUT2D eigenvalue weighted by Crippen LogP contribution is 2.29. The van der Waals surface area contributed by atoms with Gasteiger partial charge < -0.3 is 15.4 Å². The van der Waals surface area contributed by atoms with E-state index in [4.69, 9.17) is 10.5 Å². The fraction of sp³-hybridized carbons (Fsp3) is 0.200. The van der Waals surface area contributed by atoms with Gasteiger partial charge in [0, 0.05) is 25.2 Å². The number of halogens is 2. The molecule has 20 heavy (non-hydrogen) atoms. The molecule has 2 N–H and O–H groups in total. The fourth-order valence-electron chi connectivity index (χ4n) is 2.06. The third kappa shape index (κ3) is 2.82. The normalized spacial score (nSPS) is 10.4. The van der Waals surface area contributed by atoms with E-state index in [1.807, 2.05) is 24.3 Å². The maximum Gasteiger partial charge on any atom is 0.151 e. The lowest BCUT2D eigenvalue weighted by Crippen LogP contribution is -2.19. The number of ether oxygens (including phenoxy) is 1. The van der Waals surface area contributed by atoms with Crippen molar-refractivity contribution < 1.29 is 13.5 Å². The third-order valence-corrected chi connectivity index (χ3v) is 3.08. The maximum atomic E-state index is 13.5. The zero-order valence-electron chi connectivity index (χ0n) is 11.4. The number of para-hydroxylation sites is 1. The Bertz CT molecular complexity index is 617. The first-order chi connectivity index (χ1) is 9.52. The van der Waals surface area contributed by atoms with Crippen molar-refractivity contribution in [3.05, 3.63) is 53.6 Å². The predicted octanol–water partition coefficient (Wildman–Crippen LogP) is 3.19. The van der Waals surface area contributed by atoms with Crippen LogP contribution in [0.25, 0.3) is 0 Å². The van der Waals surface area contributed by atoms with E-state index in [-0.39, 0.29) is 5.69 Å². The number of anilines is 2. The third-order valence-electron chi connectivity index (χ3n) is 3.08. The lowest BCUT2D eigenvalue weighted by Gasteiger charge is -2.22. The topological polar surface area (TPSA) is 38.5 Å². The fourth-order valence-corrected chi connectivity index (χ4v) is 2.06. The van der Waals surface area contributed by atoms with Crippen molar-refractivity contribution in [1.29, 1.82) is 0 Å². The van der Waals surface area contributed by atoms with Crippen molar-refractivity contribution in [2.75, 3.05) is 24.8 Å². The summed E-state index contributed by atoms with van der Waals surface area (Å²) in [4.78, 5) is 1.68. The number of nitrogens with zero attached hydrogens (tertiary/aromatic N) is 1. The van der Waals surface area contributed by atoms with Crippen molar-refractivity contribution in [1.82, 2.24) is 0 Å². The van der Waals surface area contributed by atoms with Crippen LogP contribution in [0.4, 0.5) is 20.2 Å². The predicted molar refractivity (Wildman–Crippen MR) is 75.9 cm³/mol. The van der Waals surface area contributed by atoms with E-state index < -0.39 is 11.6 Å². The van der Waals surface area contributed by atoms with Gasteiger partial charge in [-0.15, -0.1) is 0 Å². The van der Waals surface area contributed by atoms with Crippen LogP contribution in [-0.2, 0) is 6.54 Å². The van der Waals surface area contributed by atoms with Crippen LogP contribution < -0.4 is 15.4 Å². The second kappa shape index (κ2) is 5.77. The summed E-state index contributed by atoms with van der Waals surface area (Å²) in [5.41, 5.74) is 6.81. The number of nitrogens with two attached hydrogens (primary N) is 1. The summed E-state index contributed by atoms with van der Waals surface area (Å²) in [5.74, 6) is -0.694. The van der Waals surface area contributed by atoms with Crippen LogP contribution in [0.2, 0.25) is 0 Å². The van der Waals surface area contributed by atoms with Crippen LogP contribution in [0, 0.1) is 11.6 Å². The minimum atomic E-state index is -0.758. The first kappa shape index (κ1) is 14.1. The quantitative estimate of drug-likeness (QED) is 0.873. The summed E-state index contributed by atoms with van der Waals surface area (Å²) in [6, 6.07) is 9.45. The lowest BCUT2D eigenvalue weighted by molar-refractivity contribution is 0.409. The highest BCUT2D eigenvalue weighted by Gasteiger charge is 2.13. The van der Waals surface area contributed by atoms with Crippen LogP contribution in [-0.4, -0.2) is 14.2 Å². The molecule has 0 aliphatic rings. The zero-order chi connectivity index (χ0) is 14.7. The van der Waals surface area contributed by atoms with E-state index in [0.717, 1.165) is 17.4 Å². The summed E-state index contributed by atoms with van der Waals surface area (Å²) in [6.07, 6.45) is 0. The Balaban J connectivity index is 2.31. The molecular formula is C15H16F2N2O. The molecule has 0 saturated carbocycles. The Labute approximate surface area is 116 Å². The Morgan fingerprint density at radius 3 is 2.60 bits per heavy atom. The van der Waals surface area contributed by atoms with E-state index >= 15 is 0 Å². The number of benzene rings is 2. The number of methoxy groups -OCH3 is 1. The van der Waals surface area contributed by atoms with Crippen LogP contribution >= 0.6 is 0 Å². The Kier molecular flexibility index (Phi) is 4.08. The van der Waals surface area contributed by atoms with Crippen LogP contribution in [0.1, 0.15) is 5.56 Å². The molecule has 0 spiro atoms. The van der Waals surface area contributed by atoms with Gasteiger partial charge in [0.05, 0.1) is 18.5 Å². The molecule has 0 atom stereocenters. The highest BCUT2D eigenvalue weighted by molar-refractivity contribution is 5.68. The number of hydrogen-bond donors (Lipinski definition) is 1. The molecule has 0 aliphatic heterocycles. The molecule has 0 unspecified atom stereocenters. The smallest absolute Gasteiger partial charge is 0.151 e. The molecule has 0 bridgehead atoms. The molecule has 2 aromatic rings. The highest BCUT2D eigenvalue weighted by atomic mass is 19.1. The van der Waals surface area contributed by atoms with Gasteiger partial charge in [-0.2, -0.15) is 0 Å². The van der Waals surface area contributed by atoms with Crippen LogP contribution in [0.3, 0.4) is 0 Å². The Hall–Kier alpha value is -2.30. The Morgan fingerprint density at radius 2 is 1.90 bits per heavy atom. The van der Waals surface area contributed by atoms with Gasteiger partial charge in [0.1, 0.15) is 11.6 Å². The minimum absolute atomic E-state index is 0.0659. The first-order valence-electron chi connectivity index (χ1n) is 6.10. The van der Waals surface area contributed by atoms with Crippen molar-refractivity contribution in [3.8, 4) is 5.75 Å². The number of nitrogen functional groups attached to an aromatic ring is 1. The van der Waals surface area contributed by atoms with Gasteiger partial charge in [0.15, 0.2) is 5.82 Å². The van der Waals surface area contributed by atoms with Gasteiger partial charge in [0.2, 0.25) is 0 Å². The summed E-state index contributed by atoms with van der Waals surface area (Å²) >= 11 is 0. The average Bonchev–Trinajstić information content (AvgIpc) is 2.43. The molecule has 0 aromatic heterocycles. The molecule has 3 nitrogen and oxygen atoms in total. The molecule has 2 aromatic carbocycles. The molecule has 0 aliphatic carbocycles. The molecule has 5 heteroatoms. The molecular weight excluding hydrogens is 262 g/mol. The van der Waals surface area contributed by atoms with Crippen molar-refractivity contribution in [2.45, 2.75) is 6.54 Å². The van der Waals surface area contributed by atoms with Crippen molar-refractivity contribution >= 4 is 11.4 Å². The van der Waals surface area contributed by atoms with E-state index in [1.165, 1.54) is 6.07 Å². The molecule has 0 radical (unpaired) electrons. The number of hydrogen-bond acceptors (Lipinski definition) is 3. The van der Waals surface area contributed by atoms with E-state index in [1.54, 1.807) is 19.1 Å². The van der Waals surface area contributed by atoms with Gasteiger partial charge in [0.25, 0.3) is 0 Å². The Morgan fingerprint density at radius 1 is 1.20 bits per heavy atom.